The first-order chi connectivity index (χ1) is 9.26. The Balaban J connectivity index is 2.15. The van der Waals surface area contributed by atoms with Gasteiger partial charge in [0.2, 0.25) is 0 Å². The zero-order chi connectivity index (χ0) is 13.7. The van der Waals surface area contributed by atoms with Crippen LogP contribution in [0, 0.1) is 5.92 Å². The molecule has 2 aromatic rings. The lowest BCUT2D eigenvalue weighted by molar-refractivity contribution is -0.145. The number of benzene rings is 2. The van der Waals surface area contributed by atoms with Gasteiger partial charge in [-0.05, 0) is 17.9 Å². The van der Waals surface area contributed by atoms with Gasteiger partial charge in [-0.3, -0.25) is 4.79 Å². The van der Waals surface area contributed by atoms with Crippen LogP contribution in [0.2, 0.25) is 0 Å². The molecule has 2 aromatic carbocycles. The van der Waals surface area contributed by atoms with E-state index in [9.17, 15) is 4.79 Å². The molecule has 0 amide bonds. The summed E-state index contributed by atoms with van der Waals surface area (Å²) in [7, 11) is 1.43. The molecular formula is C16H19NO2. The van der Waals surface area contributed by atoms with Gasteiger partial charge in [-0.25, -0.2) is 0 Å². The zero-order valence-corrected chi connectivity index (χ0v) is 11.3. The number of nitrogens with one attached hydrogen (secondary N) is 1. The van der Waals surface area contributed by atoms with Gasteiger partial charge in [-0.1, -0.05) is 43.3 Å². The number of anilines is 1. The number of fused-ring (bicyclic) bond motifs is 1. The van der Waals surface area contributed by atoms with E-state index in [1.54, 1.807) is 0 Å². The van der Waals surface area contributed by atoms with Gasteiger partial charge in [0.1, 0.15) is 0 Å². The number of methoxy groups -OCH3 is 1. The Hall–Kier alpha value is -2.03. The summed E-state index contributed by atoms with van der Waals surface area (Å²) in [6.45, 7) is 2.59. The van der Waals surface area contributed by atoms with Crippen LogP contribution < -0.4 is 5.32 Å². The van der Waals surface area contributed by atoms with Crippen LogP contribution in [0.3, 0.4) is 0 Å². The lowest BCUT2D eigenvalue weighted by Crippen LogP contribution is -2.23. The van der Waals surface area contributed by atoms with Gasteiger partial charge in [0.25, 0.3) is 0 Å². The van der Waals surface area contributed by atoms with Crippen LogP contribution in [0.1, 0.15) is 13.3 Å². The van der Waals surface area contributed by atoms with Crippen molar-refractivity contribution in [1.82, 2.24) is 0 Å². The van der Waals surface area contributed by atoms with Gasteiger partial charge in [-0.15, -0.1) is 0 Å². The normalized spacial score (nSPS) is 12.1. The molecule has 3 nitrogen and oxygen atoms in total. The minimum atomic E-state index is -0.157. The molecular weight excluding hydrogens is 238 g/mol. The maximum Gasteiger partial charge on any atom is 0.310 e. The second kappa shape index (κ2) is 6.23. The molecule has 0 spiro atoms. The second-order valence-electron chi connectivity index (χ2n) is 4.54. The average Bonchev–Trinajstić information content (AvgIpc) is 2.47. The molecule has 19 heavy (non-hydrogen) atoms. The standard InChI is InChI=1S/C16H19NO2/c1-3-12(16(18)19-2)11-17-15-10-6-8-13-7-4-5-9-14(13)15/h4-10,12,17H,3,11H2,1-2H3. The molecule has 0 heterocycles. The number of esters is 1. The molecule has 100 valence electrons. The summed E-state index contributed by atoms with van der Waals surface area (Å²) in [6.07, 6.45) is 0.768. The monoisotopic (exact) mass is 257 g/mol. The number of rotatable bonds is 5. The molecule has 0 fully saturated rings. The SMILES string of the molecule is CCC(CNc1cccc2ccccc12)C(=O)OC. The number of carbonyl (C=O) groups excluding carboxylic acids is 1. The fourth-order valence-corrected chi connectivity index (χ4v) is 2.17. The van der Waals surface area contributed by atoms with Crippen molar-refractivity contribution in [2.24, 2.45) is 5.92 Å². The third kappa shape index (κ3) is 3.05. The second-order valence-corrected chi connectivity index (χ2v) is 4.54. The average molecular weight is 257 g/mol. The van der Waals surface area contributed by atoms with Crippen molar-refractivity contribution in [1.29, 1.82) is 0 Å². The molecule has 0 aromatic heterocycles. The van der Waals surface area contributed by atoms with E-state index < -0.39 is 0 Å². The maximum atomic E-state index is 11.6. The molecule has 0 radical (unpaired) electrons. The first-order valence-corrected chi connectivity index (χ1v) is 6.55. The highest BCUT2D eigenvalue weighted by Crippen LogP contribution is 2.23. The van der Waals surface area contributed by atoms with Crippen molar-refractivity contribution in [2.75, 3.05) is 19.0 Å². The van der Waals surface area contributed by atoms with Gasteiger partial charge in [0.15, 0.2) is 0 Å². The maximum absolute atomic E-state index is 11.6. The number of carbonyl (C=O) groups is 1. The summed E-state index contributed by atoms with van der Waals surface area (Å²) in [5.74, 6) is -0.265. The Labute approximate surface area is 113 Å². The van der Waals surface area contributed by atoms with E-state index in [0.717, 1.165) is 12.1 Å². The summed E-state index contributed by atoms with van der Waals surface area (Å²) in [5.41, 5.74) is 1.06. The predicted molar refractivity (Wildman–Crippen MR) is 78.2 cm³/mol. The smallest absolute Gasteiger partial charge is 0.310 e. The fraction of sp³-hybridized carbons (Fsp3) is 0.312. The summed E-state index contributed by atoms with van der Waals surface area (Å²) in [5, 5.41) is 5.72. The molecule has 1 unspecified atom stereocenters. The van der Waals surface area contributed by atoms with E-state index in [2.05, 4.69) is 23.5 Å². The van der Waals surface area contributed by atoms with E-state index in [4.69, 9.17) is 4.74 Å². The van der Waals surface area contributed by atoms with Gasteiger partial charge >= 0.3 is 5.97 Å². The number of hydrogen-bond donors (Lipinski definition) is 1. The molecule has 0 aliphatic heterocycles. The topological polar surface area (TPSA) is 38.3 Å². The van der Waals surface area contributed by atoms with Crippen molar-refractivity contribution < 1.29 is 9.53 Å². The summed E-state index contributed by atoms with van der Waals surface area (Å²) in [6, 6.07) is 14.3. The Morgan fingerprint density at radius 1 is 1.21 bits per heavy atom. The van der Waals surface area contributed by atoms with E-state index in [1.807, 2.05) is 31.2 Å². The van der Waals surface area contributed by atoms with Crippen molar-refractivity contribution in [3.05, 3.63) is 42.5 Å². The first-order valence-electron chi connectivity index (χ1n) is 6.55. The quantitative estimate of drug-likeness (QED) is 0.834. The fourth-order valence-electron chi connectivity index (χ4n) is 2.17. The van der Waals surface area contributed by atoms with Crippen LogP contribution in [0.15, 0.2) is 42.5 Å². The van der Waals surface area contributed by atoms with Crippen molar-refractivity contribution >= 4 is 22.4 Å². The van der Waals surface area contributed by atoms with Crippen LogP contribution in [0.5, 0.6) is 0 Å². The summed E-state index contributed by atoms with van der Waals surface area (Å²) in [4.78, 5) is 11.6. The largest absolute Gasteiger partial charge is 0.469 e. The zero-order valence-electron chi connectivity index (χ0n) is 11.3. The Kier molecular flexibility index (Phi) is 4.39. The molecule has 1 atom stereocenters. The minimum absolute atomic E-state index is 0.107. The third-order valence-electron chi connectivity index (χ3n) is 3.36. The van der Waals surface area contributed by atoms with Crippen LogP contribution in [-0.4, -0.2) is 19.6 Å². The molecule has 0 bridgehead atoms. The lowest BCUT2D eigenvalue weighted by atomic mass is 10.1. The van der Waals surface area contributed by atoms with Gasteiger partial charge < -0.3 is 10.1 Å². The molecule has 0 aliphatic carbocycles. The van der Waals surface area contributed by atoms with Crippen molar-refractivity contribution in [2.45, 2.75) is 13.3 Å². The number of ether oxygens (including phenoxy) is 1. The minimum Gasteiger partial charge on any atom is -0.469 e. The van der Waals surface area contributed by atoms with Gasteiger partial charge in [0.05, 0.1) is 13.0 Å². The van der Waals surface area contributed by atoms with E-state index in [0.29, 0.717) is 6.54 Å². The van der Waals surface area contributed by atoms with Gasteiger partial charge in [0, 0.05) is 17.6 Å². The van der Waals surface area contributed by atoms with Crippen LogP contribution >= 0.6 is 0 Å². The van der Waals surface area contributed by atoms with Crippen LogP contribution in [0.4, 0.5) is 5.69 Å². The van der Waals surface area contributed by atoms with E-state index in [-0.39, 0.29) is 11.9 Å². The molecule has 3 heteroatoms. The molecule has 0 saturated carbocycles. The van der Waals surface area contributed by atoms with Crippen LogP contribution in [0.25, 0.3) is 10.8 Å². The third-order valence-corrected chi connectivity index (χ3v) is 3.36. The number of hydrogen-bond acceptors (Lipinski definition) is 3. The highest BCUT2D eigenvalue weighted by Gasteiger charge is 2.16. The highest BCUT2D eigenvalue weighted by atomic mass is 16.5. The predicted octanol–water partition coefficient (Wildman–Crippen LogP) is 3.45. The highest BCUT2D eigenvalue weighted by molar-refractivity contribution is 5.93. The van der Waals surface area contributed by atoms with Crippen molar-refractivity contribution in [3.63, 3.8) is 0 Å². The summed E-state index contributed by atoms with van der Waals surface area (Å²) >= 11 is 0. The van der Waals surface area contributed by atoms with Crippen molar-refractivity contribution in [3.8, 4) is 0 Å². The van der Waals surface area contributed by atoms with E-state index in [1.165, 1.54) is 17.9 Å². The first kappa shape index (κ1) is 13.4. The Bertz CT molecular complexity index is 560. The van der Waals surface area contributed by atoms with E-state index >= 15 is 0 Å². The molecule has 1 N–H and O–H groups in total. The lowest BCUT2D eigenvalue weighted by Gasteiger charge is -2.15. The van der Waals surface area contributed by atoms with Gasteiger partial charge in [-0.2, -0.15) is 0 Å². The molecule has 0 aliphatic rings. The van der Waals surface area contributed by atoms with Crippen LogP contribution in [-0.2, 0) is 9.53 Å². The molecule has 2 rings (SSSR count). The molecule has 0 saturated heterocycles. The Morgan fingerprint density at radius 3 is 2.68 bits per heavy atom. The Morgan fingerprint density at radius 2 is 1.95 bits per heavy atom. The summed E-state index contributed by atoms with van der Waals surface area (Å²) < 4.78 is 4.80.